The Labute approximate surface area is 155 Å². The molecule has 0 spiro atoms. The van der Waals surface area contributed by atoms with Crippen molar-refractivity contribution >= 4 is 41.4 Å². The van der Waals surface area contributed by atoms with Gasteiger partial charge in [0, 0.05) is 16.0 Å². The lowest BCUT2D eigenvalue weighted by Crippen LogP contribution is -2.25. The SMILES string of the molecule is COc1ccccc1P(c1ccccc1C=S)c1ccccc1OC. The van der Waals surface area contributed by atoms with Gasteiger partial charge < -0.3 is 9.47 Å². The lowest BCUT2D eigenvalue weighted by molar-refractivity contribution is 0.417. The number of methoxy groups -OCH3 is 2. The number of rotatable bonds is 6. The highest BCUT2D eigenvalue weighted by molar-refractivity contribution is 7.81. The van der Waals surface area contributed by atoms with E-state index in [-0.39, 0.29) is 0 Å². The maximum absolute atomic E-state index is 5.66. The highest BCUT2D eigenvalue weighted by Gasteiger charge is 2.24. The van der Waals surface area contributed by atoms with E-state index in [1.165, 1.54) is 5.30 Å². The van der Waals surface area contributed by atoms with Gasteiger partial charge in [-0.15, -0.1) is 0 Å². The Hall–Kier alpha value is -2.22. The summed E-state index contributed by atoms with van der Waals surface area (Å²) in [7, 11) is 2.54. The normalized spacial score (nSPS) is 10.5. The van der Waals surface area contributed by atoms with E-state index in [1.807, 2.05) is 42.5 Å². The summed E-state index contributed by atoms with van der Waals surface area (Å²) < 4.78 is 11.3. The third-order valence-electron chi connectivity index (χ3n) is 3.96. The molecule has 0 aliphatic carbocycles. The second-order valence-electron chi connectivity index (χ2n) is 5.36. The summed E-state index contributed by atoms with van der Waals surface area (Å²) >= 11 is 5.27. The van der Waals surface area contributed by atoms with E-state index < -0.39 is 7.92 Å². The van der Waals surface area contributed by atoms with Crippen LogP contribution in [0, 0.1) is 0 Å². The van der Waals surface area contributed by atoms with Crippen molar-refractivity contribution in [2.45, 2.75) is 0 Å². The maximum Gasteiger partial charge on any atom is 0.127 e. The lowest BCUT2D eigenvalue weighted by Gasteiger charge is -2.24. The second kappa shape index (κ2) is 8.24. The minimum atomic E-state index is -0.874. The molecular weight excluding hydrogens is 347 g/mol. The first-order valence-electron chi connectivity index (χ1n) is 7.90. The molecule has 0 heterocycles. The van der Waals surface area contributed by atoms with Crippen LogP contribution in [-0.4, -0.2) is 19.6 Å². The smallest absolute Gasteiger partial charge is 0.127 e. The highest BCUT2D eigenvalue weighted by Crippen LogP contribution is 2.40. The molecule has 0 unspecified atom stereocenters. The first-order chi connectivity index (χ1) is 12.3. The standard InChI is InChI=1S/C21H19O2PS/c1-22-17-10-4-7-13-20(17)24(19-12-6-3-9-16(19)15-25)21-14-8-5-11-18(21)23-2/h3-15H,1-2H3. The Bertz CT molecular complexity index is 832. The van der Waals surface area contributed by atoms with Crippen LogP contribution in [0.15, 0.2) is 72.8 Å². The van der Waals surface area contributed by atoms with Crippen LogP contribution < -0.4 is 25.4 Å². The average molecular weight is 366 g/mol. The summed E-state index contributed by atoms with van der Waals surface area (Å²) in [6.45, 7) is 0. The summed E-state index contributed by atoms with van der Waals surface area (Å²) in [4.78, 5) is 0. The van der Waals surface area contributed by atoms with Gasteiger partial charge >= 0.3 is 0 Å². The van der Waals surface area contributed by atoms with E-state index in [9.17, 15) is 0 Å². The third-order valence-corrected chi connectivity index (χ3v) is 6.80. The molecule has 3 aromatic carbocycles. The van der Waals surface area contributed by atoms with Crippen molar-refractivity contribution < 1.29 is 9.47 Å². The van der Waals surface area contributed by atoms with Crippen molar-refractivity contribution in [2.24, 2.45) is 0 Å². The zero-order chi connectivity index (χ0) is 17.6. The summed E-state index contributed by atoms with van der Waals surface area (Å²) in [5.74, 6) is 1.75. The molecule has 0 atom stereocenters. The van der Waals surface area contributed by atoms with Gasteiger partial charge in [-0.2, -0.15) is 0 Å². The fraction of sp³-hybridized carbons (Fsp3) is 0.0952. The van der Waals surface area contributed by atoms with Crippen molar-refractivity contribution in [3.8, 4) is 11.5 Å². The summed E-state index contributed by atoms with van der Waals surface area (Å²) in [5, 5.41) is 5.24. The molecule has 126 valence electrons. The molecule has 2 nitrogen and oxygen atoms in total. The Morgan fingerprint density at radius 2 is 1.12 bits per heavy atom. The molecule has 3 rings (SSSR count). The largest absolute Gasteiger partial charge is 0.496 e. The second-order valence-corrected chi connectivity index (χ2v) is 7.71. The van der Waals surface area contributed by atoms with E-state index in [4.69, 9.17) is 21.7 Å². The number of para-hydroxylation sites is 2. The molecule has 0 saturated heterocycles. The van der Waals surface area contributed by atoms with Gasteiger partial charge in [-0.25, -0.2) is 0 Å². The van der Waals surface area contributed by atoms with E-state index >= 15 is 0 Å². The molecule has 0 radical (unpaired) electrons. The van der Waals surface area contributed by atoms with Crippen molar-refractivity contribution in [3.63, 3.8) is 0 Å². The van der Waals surface area contributed by atoms with Crippen molar-refractivity contribution in [1.29, 1.82) is 0 Å². The van der Waals surface area contributed by atoms with Crippen LogP contribution in [0.3, 0.4) is 0 Å². The van der Waals surface area contributed by atoms with E-state index in [1.54, 1.807) is 19.6 Å². The molecule has 0 fully saturated rings. The maximum atomic E-state index is 5.66. The molecule has 4 heteroatoms. The first kappa shape index (κ1) is 17.6. The Kier molecular flexibility index (Phi) is 5.80. The molecule has 3 aromatic rings. The minimum Gasteiger partial charge on any atom is -0.496 e. The number of ether oxygens (including phenoxy) is 2. The molecule has 0 amide bonds. The van der Waals surface area contributed by atoms with Crippen LogP contribution in [0.25, 0.3) is 0 Å². The minimum absolute atomic E-state index is 0.874. The summed E-state index contributed by atoms with van der Waals surface area (Å²) in [6.07, 6.45) is 0. The van der Waals surface area contributed by atoms with Gasteiger partial charge in [0.25, 0.3) is 0 Å². The summed E-state index contributed by atoms with van der Waals surface area (Å²) in [5.41, 5.74) is 1.06. The Morgan fingerprint density at radius 1 is 0.680 bits per heavy atom. The van der Waals surface area contributed by atoms with Crippen molar-refractivity contribution in [2.75, 3.05) is 14.2 Å². The number of hydrogen-bond donors (Lipinski definition) is 0. The summed E-state index contributed by atoms with van der Waals surface area (Å²) in [6, 6.07) is 24.6. The number of thiocarbonyl (C=S) groups is 1. The van der Waals surface area contributed by atoms with Gasteiger partial charge in [0.2, 0.25) is 0 Å². The van der Waals surface area contributed by atoms with Crippen LogP contribution in [0.1, 0.15) is 5.56 Å². The average Bonchev–Trinajstić information content (AvgIpc) is 2.69. The molecule has 0 bridgehead atoms. The first-order valence-corrected chi connectivity index (χ1v) is 9.72. The third kappa shape index (κ3) is 3.58. The Balaban J connectivity index is 2.31. The van der Waals surface area contributed by atoms with Gasteiger partial charge in [-0.05, 0) is 30.9 Å². The van der Waals surface area contributed by atoms with E-state index in [0.717, 1.165) is 27.7 Å². The van der Waals surface area contributed by atoms with Gasteiger partial charge in [-0.3, -0.25) is 0 Å². The van der Waals surface area contributed by atoms with Gasteiger partial charge in [0.15, 0.2) is 0 Å². The molecule has 0 saturated carbocycles. The zero-order valence-corrected chi connectivity index (χ0v) is 15.9. The highest BCUT2D eigenvalue weighted by atomic mass is 32.1. The number of hydrogen-bond acceptors (Lipinski definition) is 3. The van der Waals surface area contributed by atoms with Crippen LogP contribution in [0.5, 0.6) is 11.5 Å². The predicted octanol–water partition coefficient (Wildman–Crippen LogP) is 3.81. The molecule has 0 N–H and O–H groups in total. The van der Waals surface area contributed by atoms with Crippen molar-refractivity contribution in [1.82, 2.24) is 0 Å². The zero-order valence-electron chi connectivity index (χ0n) is 14.2. The van der Waals surface area contributed by atoms with Crippen molar-refractivity contribution in [3.05, 3.63) is 78.4 Å². The predicted molar refractivity (Wildman–Crippen MR) is 111 cm³/mol. The van der Waals surface area contributed by atoms with Crippen LogP contribution >= 0.6 is 20.1 Å². The number of benzene rings is 3. The lowest BCUT2D eigenvalue weighted by atomic mass is 10.2. The van der Waals surface area contributed by atoms with Crippen LogP contribution in [0.2, 0.25) is 0 Å². The molecule has 0 aliphatic heterocycles. The van der Waals surface area contributed by atoms with Crippen LogP contribution in [-0.2, 0) is 0 Å². The molecule has 0 aromatic heterocycles. The topological polar surface area (TPSA) is 18.5 Å². The van der Waals surface area contributed by atoms with E-state index in [2.05, 4.69) is 30.3 Å². The van der Waals surface area contributed by atoms with E-state index in [0.29, 0.717) is 0 Å². The van der Waals surface area contributed by atoms with Gasteiger partial charge in [0.05, 0.1) is 14.2 Å². The quantitative estimate of drug-likeness (QED) is 0.488. The molecular formula is C21H19O2PS. The molecule has 25 heavy (non-hydrogen) atoms. The fourth-order valence-electron chi connectivity index (χ4n) is 2.81. The van der Waals surface area contributed by atoms with Crippen LogP contribution in [0.4, 0.5) is 0 Å². The van der Waals surface area contributed by atoms with Gasteiger partial charge in [-0.1, -0.05) is 72.9 Å². The van der Waals surface area contributed by atoms with Gasteiger partial charge in [0.1, 0.15) is 11.5 Å². The monoisotopic (exact) mass is 366 g/mol. The fourth-order valence-corrected chi connectivity index (χ4v) is 5.76. The molecule has 0 aliphatic rings. The Morgan fingerprint density at radius 3 is 1.60 bits per heavy atom.